The van der Waals surface area contributed by atoms with Crippen LogP contribution in [0, 0.1) is 0 Å². The number of nitrogens with zero attached hydrogens (tertiary/aromatic N) is 2. The van der Waals surface area contributed by atoms with Gasteiger partial charge in [0.1, 0.15) is 11.9 Å². The average molecular weight is 633 g/mol. The summed E-state index contributed by atoms with van der Waals surface area (Å²) in [6.07, 6.45) is 3.33. The van der Waals surface area contributed by atoms with Crippen molar-refractivity contribution in [3.63, 3.8) is 0 Å². The molecule has 0 aromatic heterocycles. The summed E-state index contributed by atoms with van der Waals surface area (Å²) in [5, 5.41) is 0. The van der Waals surface area contributed by atoms with Crippen molar-refractivity contribution < 1.29 is 33.3 Å². The molecule has 1 fully saturated rings. The Balaban J connectivity index is 0.928. The number of fused-ring (bicyclic) bond motifs is 1. The Bertz CT molecular complexity index is 1500. The fourth-order valence-electron chi connectivity index (χ4n) is 5.55. The first-order valence-corrected chi connectivity index (χ1v) is 15.8. The maximum atomic E-state index is 12.5. The average Bonchev–Trinajstić information content (AvgIpc) is 3.39. The van der Waals surface area contributed by atoms with E-state index in [1.807, 2.05) is 56.3 Å². The SMILES string of the molecule is CC1(C)OCc2cc([C@@H]3CN(CCCCCCOCCOCc4cccc(N(C(N)=O)c5cccc(N)c5)c4)C(=O)O3)ccc2O1. The Labute approximate surface area is 270 Å². The third kappa shape index (κ3) is 8.90. The molecule has 3 aromatic rings. The highest BCUT2D eigenvalue weighted by Gasteiger charge is 2.33. The monoisotopic (exact) mass is 632 g/mol. The number of nitrogens with two attached hydrogens (primary N) is 2. The number of primary amides is 1. The number of hydrogen-bond donors (Lipinski definition) is 2. The van der Waals surface area contributed by atoms with E-state index >= 15 is 0 Å². The van der Waals surface area contributed by atoms with Crippen LogP contribution in [-0.4, -0.2) is 55.7 Å². The van der Waals surface area contributed by atoms with E-state index in [0.29, 0.717) is 63.2 Å². The molecule has 0 unspecified atom stereocenters. The number of benzene rings is 3. The third-order valence-electron chi connectivity index (χ3n) is 7.90. The molecule has 4 N–H and O–H groups in total. The number of hydrogen-bond acceptors (Lipinski definition) is 8. The number of unbranched alkanes of at least 4 members (excludes halogenated alkanes) is 3. The standard InChI is InChI=1S/C35H44N4O7/c1-35(2)44-24-27-20-26(13-14-31(27)46-35)32-22-38(34(41)45-32)15-5-3-4-6-16-42-17-18-43-23-25-9-7-11-29(19-25)39(33(37)40)30-12-8-10-28(36)21-30/h7-14,19-21,32H,3-6,15-18,22-24,36H2,1-2H3,(H2,37,40)/t32-/m0/s1. The van der Waals surface area contributed by atoms with Gasteiger partial charge in [-0.2, -0.15) is 0 Å². The van der Waals surface area contributed by atoms with Crippen molar-refractivity contribution in [2.24, 2.45) is 5.73 Å². The quantitative estimate of drug-likeness (QED) is 0.145. The van der Waals surface area contributed by atoms with Crippen molar-refractivity contribution >= 4 is 29.2 Å². The predicted octanol–water partition coefficient (Wildman–Crippen LogP) is 6.42. The van der Waals surface area contributed by atoms with E-state index in [4.69, 9.17) is 35.2 Å². The Morgan fingerprint density at radius 3 is 2.52 bits per heavy atom. The number of cyclic esters (lactones) is 1. The fraction of sp³-hybridized carbons (Fsp3) is 0.429. The molecule has 0 radical (unpaired) electrons. The zero-order chi connectivity index (χ0) is 32.5. The van der Waals surface area contributed by atoms with Crippen molar-refractivity contribution in [1.29, 1.82) is 0 Å². The van der Waals surface area contributed by atoms with Gasteiger partial charge in [0.05, 0.1) is 44.3 Å². The summed E-state index contributed by atoms with van der Waals surface area (Å²) in [5.74, 6) is 0.170. The molecule has 0 saturated carbocycles. The van der Waals surface area contributed by atoms with E-state index in [2.05, 4.69) is 0 Å². The molecule has 0 bridgehead atoms. The lowest BCUT2D eigenvalue weighted by Crippen LogP contribution is -2.35. The second kappa shape index (κ2) is 15.3. The number of amides is 3. The van der Waals surface area contributed by atoms with Gasteiger partial charge in [-0.1, -0.05) is 37.1 Å². The highest BCUT2D eigenvalue weighted by Crippen LogP contribution is 2.35. The molecule has 3 aromatic carbocycles. The lowest BCUT2D eigenvalue weighted by Gasteiger charge is -2.32. The first-order chi connectivity index (χ1) is 22.2. The van der Waals surface area contributed by atoms with Gasteiger partial charge in [0.15, 0.2) is 0 Å². The summed E-state index contributed by atoms with van der Waals surface area (Å²) < 4.78 is 28.8. The van der Waals surface area contributed by atoms with Gasteiger partial charge in [0.25, 0.3) is 0 Å². The molecular formula is C35H44N4O7. The van der Waals surface area contributed by atoms with Crippen LogP contribution in [0.25, 0.3) is 0 Å². The minimum absolute atomic E-state index is 0.266. The van der Waals surface area contributed by atoms with Crippen molar-refractivity contribution in [3.05, 3.63) is 83.4 Å². The Kier molecular flexibility index (Phi) is 11.0. The second-order valence-electron chi connectivity index (χ2n) is 12.0. The fourth-order valence-corrected chi connectivity index (χ4v) is 5.55. The molecule has 46 heavy (non-hydrogen) atoms. The molecule has 3 amide bonds. The van der Waals surface area contributed by atoms with Crippen molar-refractivity contribution in [1.82, 2.24) is 4.90 Å². The minimum atomic E-state index is -0.640. The molecule has 11 nitrogen and oxygen atoms in total. The van der Waals surface area contributed by atoms with Crippen LogP contribution in [0.3, 0.4) is 0 Å². The topological polar surface area (TPSA) is 139 Å². The summed E-state index contributed by atoms with van der Waals surface area (Å²) in [6, 6.07) is 19.8. The second-order valence-corrected chi connectivity index (χ2v) is 12.0. The molecule has 2 aliphatic heterocycles. The molecule has 246 valence electrons. The van der Waals surface area contributed by atoms with Crippen LogP contribution in [0.4, 0.5) is 26.7 Å². The highest BCUT2D eigenvalue weighted by atomic mass is 16.7. The summed E-state index contributed by atoms with van der Waals surface area (Å²) in [4.78, 5) is 27.8. The third-order valence-corrected chi connectivity index (χ3v) is 7.90. The molecule has 1 saturated heterocycles. The van der Waals surface area contributed by atoms with E-state index in [0.717, 1.165) is 48.1 Å². The van der Waals surface area contributed by atoms with Gasteiger partial charge >= 0.3 is 12.1 Å². The van der Waals surface area contributed by atoms with E-state index in [1.54, 1.807) is 29.2 Å². The predicted molar refractivity (Wildman–Crippen MR) is 175 cm³/mol. The molecule has 1 atom stereocenters. The Morgan fingerprint density at radius 1 is 0.957 bits per heavy atom. The number of carbonyl (C=O) groups excluding carboxylic acids is 2. The van der Waals surface area contributed by atoms with Gasteiger partial charge in [-0.15, -0.1) is 0 Å². The molecule has 5 rings (SSSR count). The first-order valence-electron chi connectivity index (χ1n) is 15.8. The van der Waals surface area contributed by atoms with Crippen molar-refractivity contribution in [2.45, 2.75) is 64.6 Å². The van der Waals surface area contributed by atoms with Crippen LogP contribution in [-0.2, 0) is 32.2 Å². The van der Waals surface area contributed by atoms with Gasteiger partial charge in [0.2, 0.25) is 5.79 Å². The van der Waals surface area contributed by atoms with Crippen molar-refractivity contribution in [2.75, 3.05) is 43.5 Å². The zero-order valence-electron chi connectivity index (χ0n) is 26.6. The van der Waals surface area contributed by atoms with Crippen LogP contribution in [0.2, 0.25) is 0 Å². The smallest absolute Gasteiger partial charge is 0.410 e. The van der Waals surface area contributed by atoms with Gasteiger partial charge < -0.3 is 40.1 Å². The lowest BCUT2D eigenvalue weighted by molar-refractivity contribution is -0.180. The van der Waals surface area contributed by atoms with Gasteiger partial charge in [0, 0.05) is 38.2 Å². The number of anilines is 3. The van der Waals surface area contributed by atoms with E-state index in [1.165, 1.54) is 4.90 Å². The van der Waals surface area contributed by atoms with E-state index in [9.17, 15) is 9.59 Å². The first kappa shape index (κ1) is 33.1. The number of carbonyl (C=O) groups is 2. The number of rotatable bonds is 15. The minimum Gasteiger partial charge on any atom is -0.463 e. The van der Waals surface area contributed by atoms with E-state index in [-0.39, 0.29) is 12.2 Å². The lowest BCUT2D eigenvalue weighted by atomic mass is 10.0. The van der Waals surface area contributed by atoms with Gasteiger partial charge in [-0.05, 0) is 66.4 Å². The maximum Gasteiger partial charge on any atom is 0.410 e. The van der Waals surface area contributed by atoms with Gasteiger partial charge in [-0.25, -0.2) is 9.59 Å². The summed E-state index contributed by atoms with van der Waals surface area (Å²) in [7, 11) is 0. The molecule has 11 heteroatoms. The molecular weight excluding hydrogens is 588 g/mol. The van der Waals surface area contributed by atoms with Crippen LogP contribution < -0.4 is 21.1 Å². The number of nitrogen functional groups attached to an aromatic ring is 1. The Hall–Kier alpha value is -4.32. The summed E-state index contributed by atoms with van der Waals surface area (Å²) >= 11 is 0. The molecule has 0 spiro atoms. The summed E-state index contributed by atoms with van der Waals surface area (Å²) in [5.41, 5.74) is 16.2. The largest absolute Gasteiger partial charge is 0.463 e. The maximum absolute atomic E-state index is 12.5. The number of urea groups is 1. The van der Waals surface area contributed by atoms with Crippen LogP contribution in [0.1, 0.15) is 62.3 Å². The molecule has 2 aliphatic rings. The van der Waals surface area contributed by atoms with Crippen LogP contribution in [0.5, 0.6) is 5.75 Å². The van der Waals surface area contributed by atoms with Gasteiger partial charge in [-0.3, -0.25) is 4.90 Å². The van der Waals surface area contributed by atoms with Crippen LogP contribution in [0.15, 0.2) is 66.7 Å². The van der Waals surface area contributed by atoms with Crippen molar-refractivity contribution in [3.8, 4) is 5.75 Å². The van der Waals surface area contributed by atoms with Crippen LogP contribution >= 0.6 is 0 Å². The Morgan fingerprint density at radius 2 is 1.72 bits per heavy atom. The van der Waals surface area contributed by atoms with E-state index < -0.39 is 11.8 Å². The molecule has 2 heterocycles. The highest BCUT2D eigenvalue weighted by molar-refractivity contribution is 5.98. The normalized spacial score (nSPS) is 16.9. The summed E-state index contributed by atoms with van der Waals surface area (Å²) in [6.45, 7) is 7.46. The number of ether oxygens (including phenoxy) is 5. The molecule has 0 aliphatic carbocycles. The zero-order valence-corrected chi connectivity index (χ0v) is 26.6.